The average Bonchev–Trinajstić information content (AvgIpc) is 3.42. The Kier molecular flexibility index (Phi) is 6.58. The van der Waals surface area contributed by atoms with Gasteiger partial charge in [-0.1, -0.05) is 48.5 Å². The standard InChI is InChI=1S/C29H26N4O3S/c1-18-27(37-28(31-18)20-9-5-4-6-10-20)25(34)23-24(19-12-14-22(15-13-19)32(2)3)33(29(36)26(23)35)17-21-11-7-8-16-30-21/h4-16,24,35H,17H2,1-3H3. The van der Waals surface area contributed by atoms with E-state index in [1.165, 1.54) is 16.2 Å². The van der Waals surface area contributed by atoms with Crippen LogP contribution in [0.3, 0.4) is 0 Å². The van der Waals surface area contributed by atoms with Crippen molar-refractivity contribution in [2.45, 2.75) is 19.5 Å². The van der Waals surface area contributed by atoms with Crippen LogP contribution < -0.4 is 4.90 Å². The summed E-state index contributed by atoms with van der Waals surface area (Å²) in [5.41, 5.74) is 3.90. The fourth-order valence-electron chi connectivity index (χ4n) is 4.45. The van der Waals surface area contributed by atoms with Gasteiger partial charge in [0.1, 0.15) is 5.01 Å². The van der Waals surface area contributed by atoms with E-state index in [0.717, 1.165) is 16.8 Å². The molecule has 0 spiro atoms. The number of aromatic nitrogens is 2. The van der Waals surface area contributed by atoms with Gasteiger partial charge in [0.2, 0.25) is 5.78 Å². The second-order valence-electron chi connectivity index (χ2n) is 9.03. The normalized spacial score (nSPS) is 15.4. The zero-order chi connectivity index (χ0) is 26.1. The average molecular weight is 511 g/mol. The first-order chi connectivity index (χ1) is 17.8. The highest BCUT2D eigenvalue weighted by atomic mass is 32.1. The lowest BCUT2D eigenvalue weighted by molar-refractivity contribution is -0.130. The molecule has 1 amide bonds. The number of ketones is 1. The highest BCUT2D eigenvalue weighted by molar-refractivity contribution is 7.17. The number of aliphatic hydroxyl groups is 1. The topological polar surface area (TPSA) is 86.6 Å². The van der Waals surface area contributed by atoms with Crippen molar-refractivity contribution in [3.05, 3.63) is 112 Å². The van der Waals surface area contributed by atoms with E-state index in [1.807, 2.05) is 85.7 Å². The Morgan fingerprint density at radius 1 is 1.03 bits per heavy atom. The molecule has 3 heterocycles. The van der Waals surface area contributed by atoms with Crippen LogP contribution in [0, 0.1) is 6.92 Å². The number of pyridine rings is 1. The van der Waals surface area contributed by atoms with Crippen LogP contribution in [-0.2, 0) is 11.3 Å². The molecule has 4 aromatic rings. The lowest BCUT2D eigenvalue weighted by Gasteiger charge is -2.27. The number of thiazole rings is 1. The number of rotatable bonds is 7. The van der Waals surface area contributed by atoms with E-state index in [0.29, 0.717) is 21.3 Å². The zero-order valence-corrected chi connectivity index (χ0v) is 21.6. The molecule has 8 heteroatoms. The molecule has 1 unspecified atom stereocenters. The molecule has 1 aliphatic rings. The minimum Gasteiger partial charge on any atom is -0.503 e. The molecule has 1 N–H and O–H groups in total. The Morgan fingerprint density at radius 2 is 1.73 bits per heavy atom. The van der Waals surface area contributed by atoms with E-state index in [4.69, 9.17) is 0 Å². The van der Waals surface area contributed by atoms with Gasteiger partial charge in [0.15, 0.2) is 5.76 Å². The van der Waals surface area contributed by atoms with Gasteiger partial charge in [-0.3, -0.25) is 14.6 Å². The smallest absolute Gasteiger partial charge is 0.290 e. The van der Waals surface area contributed by atoms with Crippen molar-refractivity contribution in [3.63, 3.8) is 0 Å². The maximum Gasteiger partial charge on any atom is 0.290 e. The van der Waals surface area contributed by atoms with Crippen molar-refractivity contribution < 1.29 is 14.7 Å². The molecule has 0 saturated heterocycles. The molecule has 1 atom stereocenters. The number of hydrogen-bond donors (Lipinski definition) is 1. The molecule has 186 valence electrons. The second kappa shape index (κ2) is 9.99. The summed E-state index contributed by atoms with van der Waals surface area (Å²) in [6, 6.07) is 22.0. The van der Waals surface area contributed by atoms with Crippen LogP contribution in [0.15, 0.2) is 90.3 Å². The Hall–Kier alpha value is -4.30. The Bertz CT molecular complexity index is 1480. The maximum absolute atomic E-state index is 14.0. The minimum absolute atomic E-state index is 0.0601. The minimum atomic E-state index is -0.764. The Balaban J connectivity index is 1.58. The van der Waals surface area contributed by atoms with Crippen molar-refractivity contribution >= 4 is 28.7 Å². The molecular formula is C29H26N4O3S. The van der Waals surface area contributed by atoms with Gasteiger partial charge in [-0.15, -0.1) is 11.3 Å². The molecule has 0 aliphatic carbocycles. The van der Waals surface area contributed by atoms with E-state index >= 15 is 0 Å². The van der Waals surface area contributed by atoms with Crippen molar-refractivity contribution in [1.29, 1.82) is 0 Å². The zero-order valence-electron chi connectivity index (χ0n) is 20.8. The van der Waals surface area contributed by atoms with Gasteiger partial charge < -0.3 is 14.9 Å². The fourth-order valence-corrected chi connectivity index (χ4v) is 5.48. The van der Waals surface area contributed by atoms with E-state index in [-0.39, 0.29) is 12.1 Å². The molecule has 2 aromatic carbocycles. The number of carbonyl (C=O) groups excluding carboxylic acids is 2. The van der Waals surface area contributed by atoms with Crippen LogP contribution in [0.4, 0.5) is 5.69 Å². The number of aliphatic hydroxyl groups excluding tert-OH is 1. The molecule has 0 fully saturated rings. The fraction of sp³-hybridized carbons (Fsp3) is 0.172. The Morgan fingerprint density at radius 3 is 2.38 bits per heavy atom. The highest BCUT2D eigenvalue weighted by Gasteiger charge is 2.44. The molecule has 0 radical (unpaired) electrons. The molecule has 37 heavy (non-hydrogen) atoms. The van der Waals surface area contributed by atoms with Crippen LogP contribution in [0.1, 0.15) is 32.7 Å². The predicted molar refractivity (Wildman–Crippen MR) is 145 cm³/mol. The maximum atomic E-state index is 14.0. The summed E-state index contributed by atoms with van der Waals surface area (Å²) >= 11 is 1.26. The van der Waals surface area contributed by atoms with Crippen LogP contribution in [0.2, 0.25) is 0 Å². The number of benzene rings is 2. The number of amides is 1. The highest BCUT2D eigenvalue weighted by Crippen LogP contribution is 2.42. The van der Waals surface area contributed by atoms with Crippen LogP contribution in [0.5, 0.6) is 0 Å². The van der Waals surface area contributed by atoms with Crippen LogP contribution in [0.25, 0.3) is 10.6 Å². The van der Waals surface area contributed by atoms with E-state index < -0.39 is 23.5 Å². The first-order valence-electron chi connectivity index (χ1n) is 11.8. The lowest BCUT2D eigenvalue weighted by atomic mass is 9.94. The van der Waals surface area contributed by atoms with Gasteiger partial charge in [0.05, 0.1) is 34.4 Å². The summed E-state index contributed by atoms with van der Waals surface area (Å²) in [5.74, 6) is -1.52. The molecular weight excluding hydrogens is 484 g/mol. The van der Waals surface area contributed by atoms with Crippen LogP contribution in [-0.4, -0.2) is 45.8 Å². The monoisotopic (exact) mass is 510 g/mol. The molecule has 1 aliphatic heterocycles. The molecule has 5 rings (SSSR count). The van der Waals surface area contributed by atoms with Crippen molar-refractivity contribution in [3.8, 4) is 10.6 Å². The molecule has 0 bridgehead atoms. The van der Waals surface area contributed by atoms with Gasteiger partial charge >= 0.3 is 0 Å². The number of hydrogen-bond acceptors (Lipinski definition) is 7. The summed E-state index contributed by atoms with van der Waals surface area (Å²) in [5, 5.41) is 11.8. The summed E-state index contributed by atoms with van der Waals surface area (Å²) in [6.45, 7) is 1.93. The lowest BCUT2D eigenvalue weighted by Crippen LogP contribution is -2.31. The SMILES string of the molecule is Cc1nc(-c2ccccc2)sc1C(=O)C1=C(O)C(=O)N(Cc2ccccn2)C1c1ccc(N(C)C)cc1. The van der Waals surface area contributed by atoms with Gasteiger partial charge in [0.25, 0.3) is 5.91 Å². The number of carbonyl (C=O) groups is 2. The van der Waals surface area contributed by atoms with Crippen molar-refractivity contribution in [1.82, 2.24) is 14.9 Å². The predicted octanol–water partition coefficient (Wildman–Crippen LogP) is 5.36. The van der Waals surface area contributed by atoms with Gasteiger partial charge in [-0.05, 0) is 36.8 Å². The number of nitrogens with zero attached hydrogens (tertiary/aromatic N) is 4. The second-order valence-corrected chi connectivity index (χ2v) is 10.0. The van der Waals surface area contributed by atoms with Crippen LogP contribution >= 0.6 is 11.3 Å². The molecule has 7 nitrogen and oxygen atoms in total. The van der Waals surface area contributed by atoms with Crippen molar-refractivity contribution in [2.75, 3.05) is 19.0 Å². The summed E-state index contributed by atoms with van der Waals surface area (Å²) in [4.78, 5) is 40.2. The van der Waals surface area contributed by atoms with E-state index in [9.17, 15) is 14.7 Å². The largest absolute Gasteiger partial charge is 0.503 e. The van der Waals surface area contributed by atoms with E-state index in [1.54, 1.807) is 19.2 Å². The number of anilines is 1. The van der Waals surface area contributed by atoms with Gasteiger partial charge in [-0.2, -0.15) is 0 Å². The third kappa shape index (κ3) is 4.63. The van der Waals surface area contributed by atoms with Gasteiger partial charge in [-0.25, -0.2) is 4.98 Å². The summed E-state index contributed by atoms with van der Waals surface area (Å²) < 4.78 is 0. The first kappa shape index (κ1) is 24.4. The summed E-state index contributed by atoms with van der Waals surface area (Å²) in [7, 11) is 3.89. The third-order valence-corrected chi connectivity index (χ3v) is 7.56. The van der Waals surface area contributed by atoms with Crippen molar-refractivity contribution in [2.24, 2.45) is 0 Å². The number of Topliss-reactive ketones (excluding diaryl/α,β-unsaturated/α-hetero) is 1. The van der Waals surface area contributed by atoms with E-state index in [2.05, 4.69) is 9.97 Å². The molecule has 0 saturated carbocycles. The molecule has 2 aromatic heterocycles. The third-order valence-electron chi connectivity index (χ3n) is 6.36. The van der Waals surface area contributed by atoms with Gasteiger partial charge in [0, 0.05) is 31.5 Å². The number of aryl methyl sites for hydroxylation is 1. The first-order valence-corrected chi connectivity index (χ1v) is 12.7. The Labute approximate surface area is 219 Å². The quantitative estimate of drug-likeness (QED) is 0.337. The summed E-state index contributed by atoms with van der Waals surface area (Å²) in [6.07, 6.45) is 1.65.